The van der Waals surface area contributed by atoms with Crippen molar-refractivity contribution in [2.45, 2.75) is 25.3 Å². The summed E-state index contributed by atoms with van der Waals surface area (Å²) in [6, 6.07) is 21.2. The van der Waals surface area contributed by atoms with E-state index in [2.05, 4.69) is 14.8 Å². The molecule has 0 bridgehead atoms. The Kier molecular flexibility index (Phi) is 6.46. The number of aromatic hydroxyl groups is 1. The number of hydrogen-bond acceptors (Lipinski definition) is 8. The minimum Gasteiger partial charge on any atom is -0.506 e. The van der Waals surface area contributed by atoms with Crippen molar-refractivity contribution in [3.8, 4) is 11.5 Å². The van der Waals surface area contributed by atoms with E-state index in [4.69, 9.17) is 4.74 Å². The SMILES string of the molecule is CC(C)C=Nn1c(=O)c(C2=NS(O)(O)c3cc(OCc4ccccc4)ccc3N2)c(O)c2ccccc21. The Morgan fingerprint density at radius 2 is 1.81 bits per heavy atom. The Bertz CT molecular complexity index is 1600. The second kappa shape index (κ2) is 9.74. The van der Waals surface area contributed by atoms with Crippen molar-refractivity contribution in [1.82, 2.24) is 4.68 Å². The molecule has 1 aliphatic rings. The average Bonchev–Trinajstić information content (AvgIpc) is 2.88. The lowest BCUT2D eigenvalue weighted by Gasteiger charge is -2.34. The quantitative estimate of drug-likeness (QED) is 0.243. The molecule has 1 aromatic heterocycles. The normalized spacial score (nSPS) is 15.3. The third-order valence-electron chi connectivity index (χ3n) is 5.72. The van der Waals surface area contributed by atoms with Crippen molar-refractivity contribution in [2.75, 3.05) is 5.32 Å². The van der Waals surface area contributed by atoms with Gasteiger partial charge in [0, 0.05) is 17.7 Å². The average molecular weight is 519 g/mol. The smallest absolute Gasteiger partial charge is 0.286 e. The molecule has 0 saturated carbocycles. The van der Waals surface area contributed by atoms with Crippen LogP contribution in [0.4, 0.5) is 5.69 Å². The fourth-order valence-corrected chi connectivity index (χ4v) is 5.11. The van der Waals surface area contributed by atoms with E-state index in [9.17, 15) is 19.0 Å². The summed E-state index contributed by atoms with van der Waals surface area (Å²) < 4.78 is 33.0. The van der Waals surface area contributed by atoms with Gasteiger partial charge < -0.3 is 15.2 Å². The predicted molar refractivity (Wildman–Crippen MR) is 147 cm³/mol. The lowest BCUT2D eigenvalue weighted by Crippen LogP contribution is -2.31. The van der Waals surface area contributed by atoms with E-state index in [1.165, 1.54) is 10.7 Å². The fraction of sp³-hybridized carbons (Fsp3) is 0.148. The van der Waals surface area contributed by atoms with Gasteiger partial charge in [-0.1, -0.05) is 67.1 Å². The van der Waals surface area contributed by atoms with Gasteiger partial charge in [-0.15, -0.1) is 4.40 Å². The van der Waals surface area contributed by atoms with E-state index in [1.54, 1.807) is 42.6 Å². The molecule has 0 aliphatic carbocycles. The number of benzene rings is 3. The molecular weight excluding hydrogens is 492 g/mol. The second-order valence-electron chi connectivity index (χ2n) is 8.88. The van der Waals surface area contributed by atoms with E-state index >= 15 is 0 Å². The predicted octanol–water partition coefficient (Wildman–Crippen LogP) is 5.67. The van der Waals surface area contributed by atoms with Gasteiger partial charge in [0.25, 0.3) is 5.56 Å². The van der Waals surface area contributed by atoms with Crippen molar-refractivity contribution >= 4 is 39.4 Å². The minimum atomic E-state index is -3.72. The van der Waals surface area contributed by atoms with Crippen LogP contribution in [-0.4, -0.2) is 30.9 Å². The maximum absolute atomic E-state index is 13.5. The molecule has 4 aromatic rings. The molecule has 2 heterocycles. The maximum Gasteiger partial charge on any atom is 0.286 e. The molecule has 1 aliphatic heterocycles. The van der Waals surface area contributed by atoms with Crippen molar-refractivity contribution in [1.29, 1.82) is 0 Å². The van der Waals surface area contributed by atoms with Crippen LogP contribution < -0.4 is 15.6 Å². The monoisotopic (exact) mass is 518 g/mol. The van der Waals surface area contributed by atoms with Crippen molar-refractivity contribution in [2.24, 2.45) is 15.4 Å². The van der Waals surface area contributed by atoms with Crippen molar-refractivity contribution < 1.29 is 18.9 Å². The van der Waals surface area contributed by atoms with Crippen LogP contribution in [0.25, 0.3) is 10.9 Å². The summed E-state index contributed by atoms with van der Waals surface area (Å²) >= 11 is 0. The molecule has 0 spiro atoms. The lowest BCUT2D eigenvalue weighted by molar-refractivity contribution is 0.305. The number of fused-ring (bicyclic) bond motifs is 2. The molecule has 5 rings (SSSR count). The zero-order chi connectivity index (χ0) is 26.2. The summed E-state index contributed by atoms with van der Waals surface area (Å²) in [5.74, 6) is 0.0173. The Morgan fingerprint density at radius 1 is 1.08 bits per heavy atom. The third-order valence-corrected chi connectivity index (χ3v) is 7.08. The van der Waals surface area contributed by atoms with Gasteiger partial charge in [-0.25, -0.2) is 0 Å². The Hall–Kier alpha value is -4.12. The molecule has 4 N–H and O–H groups in total. The van der Waals surface area contributed by atoms with E-state index in [0.29, 0.717) is 28.9 Å². The number of para-hydroxylation sites is 1. The maximum atomic E-state index is 13.5. The second-order valence-corrected chi connectivity index (χ2v) is 10.5. The number of hydrogen-bond donors (Lipinski definition) is 4. The van der Waals surface area contributed by atoms with Crippen LogP contribution in [0.15, 0.2) is 92.0 Å². The summed E-state index contributed by atoms with van der Waals surface area (Å²) in [6.07, 6.45) is 1.62. The molecule has 0 fully saturated rings. The number of pyridine rings is 1. The van der Waals surface area contributed by atoms with Crippen LogP contribution in [0.3, 0.4) is 0 Å². The van der Waals surface area contributed by atoms with Gasteiger partial charge in [-0.05, 0) is 35.7 Å². The van der Waals surface area contributed by atoms with Crippen molar-refractivity contribution in [3.05, 3.63) is 94.3 Å². The van der Waals surface area contributed by atoms with E-state index in [0.717, 1.165) is 5.56 Å². The van der Waals surface area contributed by atoms with Crippen LogP contribution in [0.5, 0.6) is 11.5 Å². The topological polar surface area (TPSA) is 129 Å². The first-order valence-electron chi connectivity index (χ1n) is 11.6. The molecule has 0 radical (unpaired) electrons. The summed E-state index contributed by atoms with van der Waals surface area (Å²) in [4.78, 5) is 13.6. The van der Waals surface area contributed by atoms with Gasteiger partial charge in [0.15, 0.2) is 5.84 Å². The number of amidine groups is 1. The first-order valence-corrected chi connectivity index (χ1v) is 13.1. The standard InChI is InChI=1S/C27H26N4O5S/c1-17(2)15-28-31-22-11-7-6-10-20(22)25(32)24(27(31)33)26-29-21-13-12-19(14-23(21)37(34,35)30-26)36-16-18-8-4-3-5-9-18/h3-15,17,32,34-35H,16H2,1-2H3,(H,29,30). The molecule has 37 heavy (non-hydrogen) atoms. The van der Waals surface area contributed by atoms with Crippen LogP contribution in [0.2, 0.25) is 0 Å². The molecule has 3 aromatic carbocycles. The zero-order valence-corrected chi connectivity index (χ0v) is 21.0. The summed E-state index contributed by atoms with van der Waals surface area (Å²) in [6.45, 7) is 4.16. The van der Waals surface area contributed by atoms with Gasteiger partial charge in [0.05, 0.1) is 11.2 Å². The van der Waals surface area contributed by atoms with Crippen LogP contribution in [-0.2, 0) is 6.61 Å². The molecular formula is C27H26N4O5S. The Morgan fingerprint density at radius 3 is 2.57 bits per heavy atom. The van der Waals surface area contributed by atoms with Crippen LogP contribution in [0.1, 0.15) is 25.0 Å². The molecule has 9 nitrogen and oxygen atoms in total. The van der Waals surface area contributed by atoms with E-state index < -0.39 is 16.3 Å². The fourth-order valence-electron chi connectivity index (χ4n) is 3.94. The highest BCUT2D eigenvalue weighted by atomic mass is 32.3. The van der Waals surface area contributed by atoms with Gasteiger partial charge >= 0.3 is 0 Å². The molecule has 10 heteroatoms. The van der Waals surface area contributed by atoms with Crippen LogP contribution >= 0.6 is 10.8 Å². The first-order chi connectivity index (χ1) is 17.7. The Labute approximate surface area is 214 Å². The van der Waals surface area contributed by atoms with Crippen LogP contribution in [0, 0.1) is 5.92 Å². The van der Waals surface area contributed by atoms with Crippen molar-refractivity contribution in [3.63, 3.8) is 0 Å². The van der Waals surface area contributed by atoms with Gasteiger partial charge in [-0.2, -0.15) is 9.78 Å². The highest BCUT2D eigenvalue weighted by Crippen LogP contribution is 2.56. The number of nitrogens with one attached hydrogen (secondary N) is 1. The number of rotatable bonds is 6. The summed E-state index contributed by atoms with van der Waals surface area (Å²) in [5, 5.41) is 18.7. The van der Waals surface area contributed by atoms with E-state index in [-0.39, 0.29) is 28.0 Å². The van der Waals surface area contributed by atoms with E-state index in [1.807, 2.05) is 44.2 Å². The first kappa shape index (κ1) is 24.6. The highest BCUT2D eigenvalue weighted by Gasteiger charge is 2.31. The Balaban J connectivity index is 1.56. The summed E-state index contributed by atoms with van der Waals surface area (Å²) in [5.41, 5.74) is 0.847. The zero-order valence-electron chi connectivity index (χ0n) is 20.2. The highest BCUT2D eigenvalue weighted by molar-refractivity contribution is 8.23. The number of anilines is 1. The molecule has 190 valence electrons. The largest absolute Gasteiger partial charge is 0.506 e. The van der Waals surface area contributed by atoms with Gasteiger partial charge in [0.1, 0.15) is 28.6 Å². The lowest BCUT2D eigenvalue weighted by atomic mass is 10.1. The third kappa shape index (κ3) is 4.82. The molecule has 0 saturated heterocycles. The number of ether oxygens (including phenoxy) is 1. The molecule has 0 unspecified atom stereocenters. The van der Waals surface area contributed by atoms with Gasteiger partial charge in [0.2, 0.25) is 0 Å². The molecule has 0 amide bonds. The number of nitrogens with zero attached hydrogens (tertiary/aromatic N) is 3. The minimum absolute atomic E-state index is 0.0743. The van der Waals surface area contributed by atoms with Gasteiger partial charge in [-0.3, -0.25) is 13.9 Å². The number of aromatic nitrogens is 1. The molecule has 0 atom stereocenters. The summed E-state index contributed by atoms with van der Waals surface area (Å²) in [7, 11) is -3.72.